The first kappa shape index (κ1) is 12.0. The molecule has 0 spiro atoms. The Morgan fingerprint density at radius 2 is 2.24 bits per heavy atom. The average molecular weight is 237 g/mol. The highest BCUT2D eigenvalue weighted by Gasteiger charge is 2.27. The number of benzene rings is 1. The van der Waals surface area contributed by atoms with E-state index < -0.39 is 12.0 Å². The van der Waals surface area contributed by atoms with Crippen molar-refractivity contribution in [2.45, 2.75) is 38.3 Å². The molecule has 0 saturated carbocycles. The van der Waals surface area contributed by atoms with Crippen molar-refractivity contribution in [3.05, 3.63) is 35.1 Å². The summed E-state index contributed by atoms with van der Waals surface area (Å²) in [7, 11) is 0. The lowest BCUT2D eigenvalue weighted by molar-refractivity contribution is -0.140. The molecule has 1 aliphatic rings. The maximum absolute atomic E-state index is 13.2. The lowest BCUT2D eigenvalue weighted by Crippen LogP contribution is -2.42. The fraction of sp³-hybridized carbons (Fsp3) is 0.462. The number of hydrogen-bond donors (Lipinski definition) is 2. The van der Waals surface area contributed by atoms with Gasteiger partial charge >= 0.3 is 5.97 Å². The van der Waals surface area contributed by atoms with Crippen LogP contribution in [0.5, 0.6) is 0 Å². The van der Waals surface area contributed by atoms with E-state index in [2.05, 4.69) is 5.32 Å². The molecular formula is C13H16FNO2. The van der Waals surface area contributed by atoms with Crippen molar-refractivity contribution in [3.63, 3.8) is 0 Å². The highest BCUT2D eigenvalue weighted by Crippen LogP contribution is 2.28. The molecule has 0 aromatic heterocycles. The van der Waals surface area contributed by atoms with E-state index in [1.165, 1.54) is 12.1 Å². The van der Waals surface area contributed by atoms with Gasteiger partial charge in [-0.2, -0.15) is 0 Å². The van der Waals surface area contributed by atoms with Gasteiger partial charge in [0.1, 0.15) is 11.9 Å². The number of aryl methyl sites for hydroxylation is 1. The predicted octanol–water partition coefficient (Wildman–Crippen LogP) is 2.40. The molecule has 17 heavy (non-hydrogen) atoms. The van der Waals surface area contributed by atoms with Gasteiger partial charge in [0.2, 0.25) is 0 Å². The number of piperidine rings is 1. The summed E-state index contributed by atoms with van der Waals surface area (Å²) >= 11 is 0. The van der Waals surface area contributed by atoms with Gasteiger partial charge in [0.05, 0.1) is 0 Å². The van der Waals surface area contributed by atoms with Crippen molar-refractivity contribution in [1.29, 1.82) is 0 Å². The van der Waals surface area contributed by atoms with Crippen LogP contribution in [0.3, 0.4) is 0 Å². The van der Waals surface area contributed by atoms with Gasteiger partial charge in [-0.1, -0.05) is 6.07 Å². The van der Waals surface area contributed by atoms with Crippen LogP contribution in [0.15, 0.2) is 18.2 Å². The number of carboxylic acid groups (broad SMARTS) is 1. The molecule has 1 saturated heterocycles. The summed E-state index contributed by atoms with van der Waals surface area (Å²) in [5.74, 6) is -1.10. The van der Waals surface area contributed by atoms with Crippen LogP contribution >= 0.6 is 0 Å². The number of carbonyl (C=O) groups is 1. The Labute approximate surface area is 99.7 Å². The molecule has 2 unspecified atom stereocenters. The number of aliphatic carboxylic acids is 1. The third kappa shape index (κ3) is 2.64. The summed E-state index contributed by atoms with van der Waals surface area (Å²) in [5.41, 5.74) is 1.87. The minimum absolute atomic E-state index is 0.0550. The molecule has 0 bridgehead atoms. The standard InChI is InChI=1S/C13H16FNO2/c1-8-5-6-9(14)7-10(8)11-3-2-4-12(15-11)13(16)17/h5-7,11-12,15H,2-4H2,1H3,(H,16,17). The van der Waals surface area contributed by atoms with Gasteiger partial charge in [-0.25, -0.2) is 4.39 Å². The molecule has 92 valence electrons. The van der Waals surface area contributed by atoms with Gasteiger partial charge in [-0.05, 0) is 49.4 Å². The second-order valence-corrected chi connectivity index (χ2v) is 4.54. The van der Waals surface area contributed by atoms with Gasteiger partial charge in [-0.15, -0.1) is 0 Å². The zero-order chi connectivity index (χ0) is 12.4. The topological polar surface area (TPSA) is 49.3 Å². The summed E-state index contributed by atoms with van der Waals surface area (Å²) in [6.45, 7) is 1.92. The first-order valence-corrected chi connectivity index (χ1v) is 5.83. The maximum atomic E-state index is 13.2. The molecule has 4 heteroatoms. The van der Waals surface area contributed by atoms with Gasteiger partial charge < -0.3 is 5.11 Å². The van der Waals surface area contributed by atoms with Gasteiger partial charge in [0, 0.05) is 6.04 Å². The Balaban J connectivity index is 2.21. The van der Waals surface area contributed by atoms with Crippen molar-refractivity contribution in [2.24, 2.45) is 0 Å². The van der Waals surface area contributed by atoms with Gasteiger partial charge in [0.25, 0.3) is 0 Å². The van der Waals surface area contributed by atoms with E-state index in [0.717, 1.165) is 24.0 Å². The Morgan fingerprint density at radius 1 is 1.47 bits per heavy atom. The van der Waals surface area contributed by atoms with Crippen molar-refractivity contribution < 1.29 is 14.3 Å². The Morgan fingerprint density at radius 3 is 2.94 bits per heavy atom. The molecule has 0 aliphatic carbocycles. The number of rotatable bonds is 2. The predicted molar refractivity (Wildman–Crippen MR) is 62.3 cm³/mol. The van der Waals surface area contributed by atoms with Gasteiger partial charge in [-0.3, -0.25) is 10.1 Å². The second-order valence-electron chi connectivity index (χ2n) is 4.54. The van der Waals surface area contributed by atoms with E-state index in [1.54, 1.807) is 6.07 Å². The molecule has 2 rings (SSSR count). The first-order valence-electron chi connectivity index (χ1n) is 5.83. The number of halogens is 1. The lowest BCUT2D eigenvalue weighted by Gasteiger charge is -2.29. The summed E-state index contributed by atoms with van der Waals surface area (Å²) in [6.07, 6.45) is 2.35. The largest absolute Gasteiger partial charge is 0.480 e. The SMILES string of the molecule is Cc1ccc(F)cc1C1CCCC(C(=O)O)N1. The maximum Gasteiger partial charge on any atom is 0.320 e. The molecule has 1 fully saturated rings. The molecule has 2 N–H and O–H groups in total. The highest BCUT2D eigenvalue weighted by molar-refractivity contribution is 5.73. The second kappa shape index (κ2) is 4.84. The van der Waals surface area contributed by atoms with Crippen molar-refractivity contribution in [1.82, 2.24) is 5.32 Å². The van der Waals surface area contributed by atoms with Crippen molar-refractivity contribution in [2.75, 3.05) is 0 Å². The molecule has 2 atom stereocenters. The lowest BCUT2D eigenvalue weighted by atomic mass is 9.91. The summed E-state index contributed by atoms with van der Waals surface area (Å²) in [5, 5.41) is 12.1. The normalized spacial score (nSPS) is 24.6. The van der Waals surface area contributed by atoms with E-state index >= 15 is 0 Å². The number of hydrogen-bond acceptors (Lipinski definition) is 2. The Kier molecular flexibility index (Phi) is 3.43. The van der Waals surface area contributed by atoms with Crippen LogP contribution in [0.2, 0.25) is 0 Å². The molecule has 3 nitrogen and oxygen atoms in total. The van der Waals surface area contributed by atoms with Crippen LogP contribution in [0.1, 0.15) is 36.4 Å². The molecule has 1 heterocycles. The van der Waals surface area contributed by atoms with E-state index in [0.29, 0.717) is 6.42 Å². The summed E-state index contributed by atoms with van der Waals surface area (Å²) < 4.78 is 13.2. The third-order valence-electron chi connectivity index (χ3n) is 3.30. The van der Waals surface area contributed by atoms with Crippen LogP contribution in [-0.4, -0.2) is 17.1 Å². The molecule has 0 radical (unpaired) electrons. The van der Waals surface area contributed by atoms with E-state index in [1.807, 2.05) is 6.92 Å². The van der Waals surface area contributed by atoms with Crippen LogP contribution in [0.25, 0.3) is 0 Å². The van der Waals surface area contributed by atoms with Crippen molar-refractivity contribution >= 4 is 5.97 Å². The first-order chi connectivity index (χ1) is 8.08. The fourth-order valence-corrected chi connectivity index (χ4v) is 2.36. The Bertz CT molecular complexity index is 433. The molecule has 1 aromatic carbocycles. The third-order valence-corrected chi connectivity index (χ3v) is 3.30. The zero-order valence-corrected chi connectivity index (χ0v) is 9.74. The minimum Gasteiger partial charge on any atom is -0.480 e. The zero-order valence-electron chi connectivity index (χ0n) is 9.74. The van der Waals surface area contributed by atoms with E-state index in [-0.39, 0.29) is 11.9 Å². The van der Waals surface area contributed by atoms with Crippen LogP contribution in [0, 0.1) is 12.7 Å². The van der Waals surface area contributed by atoms with Crippen LogP contribution in [-0.2, 0) is 4.79 Å². The molecule has 1 aromatic rings. The summed E-state index contributed by atoms with van der Waals surface area (Å²) in [4.78, 5) is 10.9. The van der Waals surface area contributed by atoms with Crippen molar-refractivity contribution in [3.8, 4) is 0 Å². The Hall–Kier alpha value is -1.42. The van der Waals surface area contributed by atoms with Gasteiger partial charge in [0.15, 0.2) is 0 Å². The highest BCUT2D eigenvalue weighted by atomic mass is 19.1. The summed E-state index contributed by atoms with van der Waals surface area (Å²) in [6, 6.07) is 4.08. The smallest absolute Gasteiger partial charge is 0.320 e. The van der Waals surface area contributed by atoms with Crippen LogP contribution < -0.4 is 5.32 Å². The number of nitrogens with one attached hydrogen (secondary N) is 1. The van der Waals surface area contributed by atoms with E-state index in [4.69, 9.17) is 5.11 Å². The van der Waals surface area contributed by atoms with E-state index in [9.17, 15) is 9.18 Å². The minimum atomic E-state index is -0.830. The average Bonchev–Trinajstić information content (AvgIpc) is 2.32. The number of carboxylic acids is 1. The quantitative estimate of drug-likeness (QED) is 0.830. The monoisotopic (exact) mass is 237 g/mol. The van der Waals surface area contributed by atoms with Crippen LogP contribution in [0.4, 0.5) is 4.39 Å². The molecule has 1 aliphatic heterocycles. The fourth-order valence-electron chi connectivity index (χ4n) is 2.36. The molecular weight excluding hydrogens is 221 g/mol. The molecule has 0 amide bonds.